The molecule has 5 nitrogen and oxygen atoms in total. The van der Waals surface area contributed by atoms with E-state index in [1.165, 1.54) is 32.1 Å². The van der Waals surface area contributed by atoms with Gasteiger partial charge >= 0.3 is 0 Å². The van der Waals surface area contributed by atoms with Crippen LogP contribution in [-0.4, -0.2) is 42.4 Å². The number of hydrogen-bond donors (Lipinski definition) is 2. The number of para-hydroxylation sites is 1. The number of fused-ring (bicyclic) bond motifs is 1. The summed E-state index contributed by atoms with van der Waals surface area (Å²) < 4.78 is 0. The zero-order chi connectivity index (χ0) is 17.9. The number of nitrogens with one attached hydrogen (secondary N) is 2. The molecule has 5 heteroatoms. The summed E-state index contributed by atoms with van der Waals surface area (Å²) in [7, 11) is 0. The Bertz CT molecular complexity index is 671. The second kappa shape index (κ2) is 7.78. The molecule has 3 aliphatic rings. The summed E-state index contributed by atoms with van der Waals surface area (Å²) in [4.78, 5) is 27.2. The normalized spacial score (nSPS) is 26.0. The second-order valence-electron chi connectivity index (χ2n) is 8.17. The highest BCUT2D eigenvalue weighted by atomic mass is 16.2. The molecule has 1 heterocycles. The Kier molecular flexibility index (Phi) is 5.25. The van der Waals surface area contributed by atoms with Gasteiger partial charge in [-0.05, 0) is 56.2 Å². The third-order valence-electron chi connectivity index (χ3n) is 6.10. The highest BCUT2D eigenvalue weighted by molar-refractivity contribution is 6.04. The molecule has 0 unspecified atom stereocenters. The highest BCUT2D eigenvalue weighted by Gasteiger charge is 2.31. The zero-order valence-corrected chi connectivity index (χ0v) is 15.4. The minimum Gasteiger partial charge on any atom is -0.349 e. The standard InChI is InChI=1S/C21H29N3O2/c25-20(14-24-12-11-15-5-1-2-6-16(15)13-24)23-19-8-4-3-7-18(19)21(26)22-17-9-10-17/h3-4,7-8,15-17H,1-2,5-6,9-14H2,(H,22,26)(H,23,25)/t15-,16-/m0/s1. The van der Waals surface area contributed by atoms with Gasteiger partial charge in [0.15, 0.2) is 0 Å². The summed E-state index contributed by atoms with van der Waals surface area (Å²) in [5.41, 5.74) is 1.17. The number of hydrogen-bond acceptors (Lipinski definition) is 3. The van der Waals surface area contributed by atoms with Crippen molar-refractivity contribution in [2.45, 2.75) is 51.0 Å². The molecule has 2 atom stereocenters. The first-order valence-corrected chi connectivity index (χ1v) is 10.1. The van der Waals surface area contributed by atoms with E-state index in [9.17, 15) is 9.59 Å². The van der Waals surface area contributed by atoms with Gasteiger partial charge in [-0.25, -0.2) is 0 Å². The molecule has 0 radical (unpaired) electrons. The van der Waals surface area contributed by atoms with Crippen molar-refractivity contribution >= 4 is 17.5 Å². The third-order valence-corrected chi connectivity index (χ3v) is 6.10. The zero-order valence-electron chi connectivity index (χ0n) is 15.4. The van der Waals surface area contributed by atoms with Gasteiger partial charge in [0.1, 0.15) is 0 Å². The Morgan fingerprint density at radius 3 is 2.58 bits per heavy atom. The third kappa shape index (κ3) is 4.26. The van der Waals surface area contributed by atoms with E-state index < -0.39 is 0 Å². The van der Waals surface area contributed by atoms with Crippen LogP contribution in [0.4, 0.5) is 5.69 Å². The maximum atomic E-state index is 12.6. The van der Waals surface area contributed by atoms with Crippen molar-refractivity contribution in [3.8, 4) is 0 Å². The number of piperidine rings is 1. The van der Waals surface area contributed by atoms with Gasteiger partial charge < -0.3 is 10.6 Å². The van der Waals surface area contributed by atoms with E-state index in [0.29, 0.717) is 23.8 Å². The Morgan fingerprint density at radius 1 is 1.00 bits per heavy atom. The molecule has 2 saturated carbocycles. The summed E-state index contributed by atoms with van der Waals surface area (Å²) in [6.07, 6.45) is 8.72. The van der Waals surface area contributed by atoms with Gasteiger partial charge in [0.2, 0.25) is 5.91 Å². The van der Waals surface area contributed by atoms with Crippen molar-refractivity contribution in [1.82, 2.24) is 10.2 Å². The Labute approximate surface area is 155 Å². The van der Waals surface area contributed by atoms with Crippen LogP contribution in [-0.2, 0) is 4.79 Å². The molecule has 1 aromatic carbocycles. The van der Waals surface area contributed by atoms with E-state index >= 15 is 0 Å². The maximum Gasteiger partial charge on any atom is 0.253 e. The van der Waals surface area contributed by atoms with Gasteiger partial charge in [-0.15, -0.1) is 0 Å². The van der Waals surface area contributed by atoms with Gasteiger partial charge in [-0.3, -0.25) is 14.5 Å². The van der Waals surface area contributed by atoms with E-state index in [1.54, 1.807) is 6.07 Å². The van der Waals surface area contributed by atoms with E-state index in [2.05, 4.69) is 15.5 Å². The fourth-order valence-electron chi connectivity index (χ4n) is 4.49. The first-order chi connectivity index (χ1) is 12.7. The van der Waals surface area contributed by atoms with E-state index in [0.717, 1.165) is 37.8 Å². The summed E-state index contributed by atoms with van der Waals surface area (Å²) in [5.74, 6) is 1.52. The number of benzene rings is 1. The molecule has 2 aliphatic carbocycles. The molecule has 1 aliphatic heterocycles. The van der Waals surface area contributed by atoms with E-state index in [-0.39, 0.29) is 11.8 Å². The molecule has 3 fully saturated rings. The number of likely N-dealkylation sites (tertiary alicyclic amines) is 1. The lowest BCUT2D eigenvalue weighted by molar-refractivity contribution is -0.118. The lowest BCUT2D eigenvalue weighted by Gasteiger charge is -2.41. The van der Waals surface area contributed by atoms with Crippen LogP contribution >= 0.6 is 0 Å². The van der Waals surface area contributed by atoms with Gasteiger partial charge in [0, 0.05) is 12.6 Å². The predicted molar refractivity (Wildman–Crippen MR) is 102 cm³/mol. The number of carbonyl (C=O) groups excluding carboxylic acids is 2. The fraction of sp³-hybridized carbons (Fsp3) is 0.619. The van der Waals surface area contributed by atoms with Crippen LogP contribution in [0.5, 0.6) is 0 Å². The average molecular weight is 355 g/mol. The largest absolute Gasteiger partial charge is 0.349 e. The molecule has 0 aromatic heterocycles. The van der Waals surface area contributed by atoms with Crippen LogP contribution in [0.15, 0.2) is 24.3 Å². The average Bonchev–Trinajstić information content (AvgIpc) is 3.46. The minimum absolute atomic E-state index is 0.0223. The fourth-order valence-corrected chi connectivity index (χ4v) is 4.49. The molecule has 2 amide bonds. The van der Waals surface area contributed by atoms with Crippen LogP contribution < -0.4 is 10.6 Å². The number of amides is 2. The van der Waals surface area contributed by atoms with Crippen LogP contribution in [0.25, 0.3) is 0 Å². The summed E-state index contributed by atoms with van der Waals surface area (Å²) >= 11 is 0. The summed E-state index contributed by atoms with van der Waals surface area (Å²) in [6, 6.07) is 7.60. The van der Waals surface area contributed by atoms with Gasteiger partial charge in [0.25, 0.3) is 5.91 Å². The van der Waals surface area contributed by atoms with Crippen molar-refractivity contribution in [1.29, 1.82) is 0 Å². The first kappa shape index (κ1) is 17.5. The lowest BCUT2D eigenvalue weighted by Crippen LogP contribution is -2.45. The number of nitrogens with zero attached hydrogens (tertiary/aromatic N) is 1. The van der Waals surface area contributed by atoms with Crippen molar-refractivity contribution in [3.63, 3.8) is 0 Å². The molecule has 0 spiro atoms. The highest BCUT2D eigenvalue weighted by Crippen LogP contribution is 2.35. The molecular formula is C21H29N3O2. The van der Waals surface area contributed by atoms with Crippen LogP contribution in [0.2, 0.25) is 0 Å². The van der Waals surface area contributed by atoms with Crippen molar-refractivity contribution in [3.05, 3.63) is 29.8 Å². The van der Waals surface area contributed by atoms with E-state index in [4.69, 9.17) is 0 Å². The molecule has 0 bridgehead atoms. The van der Waals surface area contributed by atoms with Crippen LogP contribution in [0, 0.1) is 11.8 Å². The Balaban J connectivity index is 1.34. The van der Waals surface area contributed by atoms with Gasteiger partial charge in [-0.1, -0.05) is 31.4 Å². The number of rotatable bonds is 5. The molecule has 4 rings (SSSR count). The van der Waals surface area contributed by atoms with Crippen molar-refractivity contribution in [2.24, 2.45) is 11.8 Å². The molecule has 1 saturated heterocycles. The Morgan fingerprint density at radius 2 is 1.77 bits per heavy atom. The first-order valence-electron chi connectivity index (χ1n) is 10.1. The number of anilines is 1. The van der Waals surface area contributed by atoms with E-state index in [1.807, 2.05) is 18.2 Å². The van der Waals surface area contributed by atoms with Crippen LogP contribution in [0.1, 0.15) is 55.3 Å². The Hall–Kier alpha value is -1.88. The monoisotopic (exact) mass is 355 g/mol. The minimum atomic E-state index is -0.0913. The molecular weight excluding hydrogens is 326 g/mol. The van der Waals surface area contributed by atoms with Crippen molar-refractivity contribution < 1.29 is 9.59 Å². The smallest absolute Gasteiger partial charge is 0.253 e. The molecule has 1 aromatic rings. The predicted octanol–water partition coefficient (Wildman–Crippen LogP) is 3.03. The second-order valence-corrected chi connectivity index (χ2v) is 8.17. The summed E-state index contributed by atoms with van der Waals surface area (Å²) in [5, 5.41) is 5.96. The topological polar surface area (TPSA) is 61.4 Å². The maximum absolute atomic E-state index is 12.6. The van der Waals surface area contributed by atoms with Gasteiger partial charge in [0.05, 0.1) is 17.8 Å². The SMILES string of the molecule is O=C(CN1CC[C@@H]2CCCC[C@H]2C1)Nc1ccccc1C(=O)NC1CC1. The number of carbonyl (C=O) groups is 2. The molecule has 26 heavy (non-hydrogen) atoms. The molecule has 140 valence electrons. The van der Waals surface area contributed by atoms with Crippen LogP contribution in [0.3, 0.4) is 0 Å². The molecule has 2 N–H and O–H groups in total. The summed E-state index contributed by atoms with van der Waals surface area (Å²) in [6.45, 7) is 2.47. The van der Waals surface area contributed by atoms with Gasteiger partial charge in [-0.2, -0.15) is 0 Å². The van der Waals surface area contributed by atoms with Crippen molar-refractivity contribution in [2.75, 3.05) is 25.0 Å². The lowest BCUT2D eigenvalue weighted by atomic mass is 9.75. The quantitative estimate of drug-likeness (QED) is 0.853.